The fourth-order valence-electron chi connectivity index (χ4n) is 1.98. The first kappa shape index (κ1) is 17.2. The monoisotopic (exact) mass is 356 g/mol. The molecule has 2 aromatic carbocycles. The summed E-state index contributed by atoms with van der Waals surface area (Å²) in [5.41, 5.74) is 0.0883. The second-order valence-corrected chi connectivity index (χ2v) is 6.83. The van der Waals surface area contributed by atoms with E-state index in [9.17, 15) is 18.5 Å². The first-order chi connectivity index (χ1) is 10.9. The summed E-state index contributed by atoms with van der Waals surface area (Å²) >= 11 is 5.88. The molecule has 0 fully saturated rings. The zero-order chi connectivity index (χ0) is 17.0. The van der Waals surface area contributed by atoms with Crippen LogP contribution in [0, 0.1) is 10.1 Å². The zero-order valence-electron chi connectivity index (χ0n) is 11.8. The van der Waals surface area contributed by atoms with Crippen LogP contribution in [0.25, 0.3) is 0 Å². The number of aliphatic hydroxyl groups excluding tert-OH is 1. The molecule has 9 heteroatoms. The molecule has 0 saturated heterocycles. The van der Waals surface area contributed by atoms with Crippen LogP contribution in [-0.2, 0) is 10.0 Å². The van der Waals surface area contributed by atoms with Gasteiger partial charge in [0.05, 0.1) is 28.7 Å². The van der Waals surface area contributed by atoms with Crippen LogP contribution in [0.2, 0.25) is 5.02 Å². The van der Waals surface area contributed by atoms with Gasteiger partial charge in [-0.15, -0.1) is 0 Å². The average molecular weight is 357 g/mol. The van der Waals surface area contributed by atoms with Crippen LogP contribution in [0.5, 0.6) is 0 Å². The van der Waals surface area contributed by atoms with Crippen molar-refractivity contribution in [3.63, 3.8) is 0 Å². The number of hydrogen-bond donors (Lipinski definition) is 1. The SMILES string of the molecule is O=[N+]([O-])c1ccc(S(=O)(=O)N(CCO)c2cccc(Cl)c2)cc1. The van der Waals surface area contributed by atoms with Crippen LogP contribution in [-0.4, -0.2) is 31.6 Å². The molecular weight excluding hydrogens is 344 g/mol. The number of nitro benzene ring substituents is 1. The van der Waals surface area contributed by atoms with E-state index in [1.807, 2.05) is 0 Å². The number of aliphatic hydroxyl groups is 1. The maximum atomic E-state index is 12.7. The Kier molecular flexibility index (Phi) is 5.19. The molecule has 0 unspecified atom stereocenters. The third-order valence-corrected chi connectivity index (χ3v) is 5.11. The molecule has 0 radical (unpaired) electrons. The van der Waals surface area contributed by atoms with E-state index in [-0.39, 0.29) is 17.1 Å². The third kappa shape index (κ3) is 3.79. The summed E-state index contributed by atoms with van der Waals surface area (Å²) in [5.74, 6) is 0. The zero-order valence-corrected chi connectivity index (χ0v) is 13.4. The molecule has 2 aromatic rings. The Bertz CT molecular complexity index is 808. The predicted molar refractivity (Wildman–Crippen MR) is 86.2 cm³/mol. The summed E-state index contributed by atoms with van der Waals surface area (Å²) in [5, 5.41) is 20.2. The summed E-state index contributed by atoms with van der Waals surface area (Å²) in [6.45, 7) is -0.557. The first-order valence-corrected chi connectivity index (χ1v) is 8.31. The third-order valence-electron chi connectivity index (χ3n) is 3.03. The molecule has 0 aliphatic carbocycles. The second kappa shape index (κ2) is 6.95. The molecule has 23 heavy (non-hydrogen) atoms. The van der Waals surface area contributed by atoms with Crippen LogP contribution >= 0.6 is 11.6 Å². The molecule has 0 aromatic heterocycles. The van der Waals surface area contributed by atoms with Gasteiger partial charge in [0.1, 0.15) is 0 Å². The van der Waals surface area contributed by atoms with Crippen LogP contribution in [0.3, 0.4) is 0 Å². The van der Waals surface area contributed by atoms with Gasteiger partial charge in [0.25, 0.3) is 15.7 Å². The van der Waals surface area contributed by atoms with Gasteiger partial charge in [0.2, 0.25) is 0 Å². The Hall–Kier alpha value is -2.16. The van der Waals surface area contributed by atoms with Gasteiger partial charge in [-0.05, 0) is 30.3 Å². The molecule has 122 valence electrons. The lowest BCUT2D eigenvalue weighted by molar-refractivity contribution is -0.384. The lowest BCUT2D eigenvalue weighted by atomic mass is 10.3. The molecule has 0 atom stereocenters. The van der Waals surface area contributed by atoms with Crippen molar-refractivity contribution in [2.45, 2.75) is 4.90 Å². The van der Waals surface area contributed by atoms with Crippen molar-refractivity contribution in [1.82, 2.24) is 0 Å². The Morgan fingerprint density at radius 2 is 1.83 bits per heavy atom. The van der Waals surface area contributed by atoms with Crippen molar-refractivity contribution in [2.24, 2.45) is 0 Å². The van der Waals surface area contributed by atoms with Gasteiger partial charge in [-0.2, -0.15) is 0 Å². The molecule has 2 rings (SSSR count). The van der Waals surface area contributed by atoms with Crippen molar-refractivity contribution < 1.29 is 18.4 Å². The van der Waals surface area contributed by atoms with E-state index < -0.39 is 21.6 Å². The molecular formula is C14H13ClN2O5S. The van der Waals surface area contributed by atoms with Gasteiger partial charge in [-0.1, -0.05) is 17.7 Å². The van der Waals surface area contributed by atoms with Gasteiger partial charge in [0.15, 0.2) is 0 Å². The number of rotatable bonds is 6. The van der Waals surface area contributed by atoms with E-state index in [2.05, 4.69) is 0 Å². The van der Waals surface area contributed by atoms with Crippen LogP contribution in [0.1, 0.15) is 0 Å². The molecule has 1 N–H and O–H groups in total. The summed E-state index contributed by atoms with van der Waals surface area (Å²) < 4.78 is 26.4. The van der Waals surface area contributed by atoms with Crippen molar-refractivity contribution in [3.8, 4) is 0 Å². The molecule has 0 bridgehead atoms. The Labute approximate surface area is 137 Å². The lowest BCUT2D eigenvalue weighted by Gasteiger charge is -2.23. The molecule has 0 amide bonds. The van der Waals surface area contributed by atoms with E-state index in [4.69, 9.17) is 16.7 Å². The number of benzene rings is 2. The molecule has 0 saturated carbocycles. The number of sulfonamides is 1. The maximum absolute atomic E-state index is 12.7. The number of halogens is 1. The molecule has 0 spiro atoms. The van der Waals surface area contributed by atoms with E-state index in [1.54, 1.807) is 18.2 Å². The van der Waals surface area contributed by atoms with Crippen LogP contribution in [0.15, 0.2) is 53.4 Å². The van der Waals surface area contributed by atoms with Gasteiger partial charge >= 0.3 is 0 Å². The van der Waals surface area contributed by atoms with Gasteiger partial charge in [-0.3, -0.25) is 14.4 Å². The topological polar surface area (TPSA) is 101 Å². The van der Waals surface area contributed by atoms with Crippen LogP contribution in [0.4, 0.5) is 11.4 Å². The minimum atomic E-state index is -3.98. The number of hydrogen-bond acceptors (Lipinski definition) is 5. The van der Waals surface area contributed by atoms with Gasteiger partial charge in [-0.25, -0.2) is 8.42 Å². The highest BCUT2D eigenvalue weighted by Crippen LogP contribution is 2.26. The summed E-state index contributed by atoms with van der Waals surface area (Å²) in [4.78, 5) is 9.93. The fourth-order valence-corrected chi connectivity index (χ4v) is 3.61. The van der Waals surface area contributed by atoms with Gasteiger partial charge < -0.3 is 5.11 Å². The van der Waals surface area contributed by atoms with Crippen molar-refractivity contribution in [3.05, 3.63) is 63.7 Å². The van der Waals surface area contributed by atoms with Crippen molar-refractivity contribution in [1.29, 1.82) is 0 Å². The van der Waals surface area contributed by atoms with Gasteiger partial charge in [0, 0.05) is 17.2 Å². The standard InChI is InChI=1S/C14H13ClN2O5S/c15-11-2-1-3-13(10-11)16(8-9-18)23(21,22)14-6-4-12(5-7-14)17(19)20/h1-7,10,18H,8-9H2. The molecule has 0 aliphatic rings. The number of nitro groups is 1. The summed E-state index contributed by atoms with van der Waals surface area (Å²) in [6.07, 6.45) is 0. The first-order valence-electron chi connectivity index (χ1n) is 6.50. The van der Waals surface area contributed by atoms with E-state index in [0.29, 0.717) is 10.7 Å². The fraction of sp³-hybridized carbons (Fsp3) is 0.143. The Morgan fingerprint density at radius 1 is 1.17 bits per heavy atom. The maximum Gasteiger partial charge on any atom is 0.269 e. The predicted octanol–water partition coefficient (Wildman–Crippen LogP) is 2.44. The van der Waals surface area contributed by atoms with E-state index >= 15 is 0 Å². The summed E-state index contributed by atoms with van der Waals surface area (Å²) in [6, 6.07) is 10.7. The quantitative estimate of drug-likeness (QED) is 0.632. The number of nitrogens with zero attached hydrogens (tertiary/aromatic N) is 2. The van der Waals surface area contributed by atoms with Crippen molar-refractivity contribution in [2.75, 3.05) is 17.5 Å². The van der Waals surface area contributed by atoms with Crippen molar-refractivity contribution >= 4 is 33.0 Å². The molecule has 0 aliphatic heterocycles. The number of anilines is 1. The highest BCUT2D eigenvalue weighted by atomic mass is 35.5. The Morgan fingerprint density at radius 3 is 2.35 bits per heavy atom. The normalized spacial score (nSPS) is 11.2. The number of non-ortho nitro benzene ring substituents is 1. The van der Waals surface area contributed by atoms with E-state index in [1.165, 1.54) is 6.07 Å². The smallest absolute Gasteiger partial charge is 0.269 e. The minimum absolute atomic E-state index is 0.114. The second-order valence-electron chi connectivity index (χ2n) is 4.53. The minimum Gasteiger partial charge on any atom is -0.394 e. The van der Waals surface area contributed by atoms with Crippen LogP contribution < -0.4 is 4.31 Å². The lowest BCUT2D eigenvalue weighted by Crippen LogP contribution is -2.33. The highest BCUT2D eigenvalue weighted by Gasteiger charge is 2.25. The summed E-state index contributed by atoms with van der Waals surface area (Å²) in [7, 11) is -3.98. The Balaban J connectivity index is 2.46. The largest absolute Gasteiger partial charge is 0.394 e. The molecule has 0 heterocycles. The average Bonchev–Trinajstić information content (AvgIpc) is 2.52. The molecule has 7 nitrogen and oxygen atoms in total. The highest BCUT2D eigenvalue weighted by molar-refractivity contribution is 7.92. The van der Waals surface area contributed by atoms with E-state index in [0.717, 1.165) is 28.6 Å².